The Morgan fingerprint density at radius 2 is 2.17 bits per heavy atom. The monoisotopic (exact) mass is 325 g/mol. The van der Waals surface area contributed by atoms with E-state index in [0.717, 1.165) is 5.56 Å². The van der Waals surface area contributed by atoms with Gasteiger partial charge in [0.1, 0.15) is 12.7 Å². The fourth-order valence-corrected chi connectivity index (χ4v) is 1.75. The van der Waals surface area contributed by atoms with E-state index in [-0.39, 0.29) is 6.61 Å². The van der Waals surface area contributed by atoms with Crippen molar-refractivity contribution < 1.29 is 19.4 Å². The van der Waals surface area contributed by atoms with E-state index in [1.807, 2.05) is 19.9 Å². The molecule has 7 heteroatoms. The van der Waals surface area contributed by atoms with Gasteiger partial charge in [-0.3, -0.25) is 0 Å². The van der Waals surface area contributed by atoms with Gasteiger partial charge in [0.25, 0.3) is 0 Å². The zero-order valence-corrected chi connectivity index (χ0v) is 14.0. The molecule has 0 bridgehead atoms. The summed E-state index contributed by atoms with van der Waals surface area (Å²) in [7, 11) is 0. The zero-order chi connectivity index (χ0) is 17.1. The molecule has 1 atom stereocenters. The summed E-state index contributed by atoms with van der Waals surface area (Å²) in [5, 5.41) is 15.5. The fraction of sp³-hybridized carbons (Fsp3) is 0.625. The van der Waals surface area contributed by atoms with Gasteiger partial charge >= 0.3 is 6.09 Å². The minimum atomic E-state index is -0.576. The highest BCUT2D eigenvalue weighted by atomic mass is 16.5. The average Bonchev–Trinajstić information content (AvgIpc) is 2.52. The lowest BCUT2D eigenvalue weighted by Crippen LogP contribution is -2.35. The number of alkyl carbamates (subject to hydrolysis) is 1. The lowest BCUT2D eigenvalue weighted by Gasteiger charge is -2.14. The summed E-state index contributed by atoms with van der Waals surface area (Å²) in [5.74, 6) is 0.468. The van der Waals surface area contributed by atoms with Crippen molar-refractivity contribution in [1.29, 1.82) is 0 Å². The second-order valence-electron chi connectivity index (χ2n) is 5.43. The molecule has 0 saturated heterocycles. The van der Waals surface area contributed by atoms with Crippen LogP contribution in [0.4, 0.5) is 4.79 Å². The third-order valence-corrected chi connectivity index (χ3v) is 2.94. The van der Waals surface area contributed by atoms with Crippen LogP contribution in [0, 0.1) is 0 Å². The summed E-state index contributed by atoms with van der Waals surface area (Å²) < 4.78 is 10.2. The lowest BCUT2D eigenvalue weighted by atomic mass is 10.2. The number of aliphatic hydroxyl groups is 1. The van der Waals surface area contributed by atoms with Crippen molar-refractivity contribution >= 4 is 6.09 Å². The Kier molecular flexibility index (Phi) is 9.01. The van der Waals surface area contributed by atoms with Crippen LogP contribution in [0.3, 0.4) is 0 Å². The molecular formula is C16H27N3O4. The highest BCUT2D eigenvalue weighted by Crippen LogP contribution is 2.08. The molecule has 1 amide bonds. The van der Waals surface area contributed by atoms with E-state index >= 15 is 0 Å². The number of aromatic nitrogens is 1. The van der Waals surface area contributed by atoms with Gasteiger partial charge in [0, 0.05) is 31.4 Å². The topological polar surface area (TPSA) is 92.7 Å². The summed E-state index contributed by atoms with van der Waals surface area (Å²) in [6.07, 6.45) is 1.37. The maximum atomic E-state index is 11.1. The molecule has 1 aromatic rings. The predicted octanol–water partition coefficient (Wildman–Crippen LogP) is 1.11. The highest BCUT2D eigenvalue weighted by Gasteiger charge is 2.07. The number of carbonyl (C=O) groups excluding carboxylic acids is 1. The molecule has 0 spiro atoms. The van der Waals surface area contributed by atoms with E-state index < -0.39 is 12.2 Å². The molecule has 0 aromatic carbocycles. The van der Waals surface area contributed by atoms with E-state index in [4.69, 9.17) is 9.47 Å². The first-order chi connectivity index (χ1) is 11.0. The molecule has 1 heterocycles. The molecule has 1 aromatic heterocycles. The van der Waals surface area contributed by atoms with Gasteiger partial charge in [0.2, 0.25) is 5.88 Å². The number of hydrogen-bond donors (Lipinski definition) is 3. The van der Waals surface area contributed by atoms with E-state index in [9.17, 15) is 9.90 Å². The Hall–Kier alpha value is -1.86. The molecule has 0 saturated carbocycles. The van der Waals surface area contributed by atoms with Crippen LogP contribution >= 0.6 is 0 Å². The smallest absolute Gasteiger partial charge is 0.407 e. The molecule has 23 heavy (non-hydrogen) atoms. The molecule has 1 unspecified atom stereocenters. The Morgan fingerprint density at radius 3 is 2.78 bits per heavy atom. The highest BCUT2D eigenvalue weighted by molar-refractivity contribution is 5.67. The standard InChI is InChI=1S/C16H27N3O4/c1-4-22-16(21)17-8-7-13-5-6-15(19-9-13)23-11-14(20)10-18-12(2)3/h5-6,9,12,14,18,20H,4,7-8,10-11H2,1-3H3,(H,17,21). The first-order valence-electron chi connectivity index (χ1n) is 7.91. The van der Waals surface area contributed by atoms with Crippen LogP contribution in [0.5, 0.6) is 5.88 Å². The largest absolute Gasteiger partial charge is 0.475 e. The number of carbonyl (C=O) groups is 1. The Bertz CT molecular complexity index is 451. The normalized spacial score (nSPS) is 12.0. The molecule has 3 N–H and O–H groups in total. The Morgan fingerprint density at radius 1 is 1.39 bits per heavy atom. The van der Waals surface area contributed by atoms with Gasteiger partial charge in [-0.15, -0.1) is 0 Å². The maximum absolute atomic E-state index is 11.1. The van der Waals surface area contributed by atoms with Gasteiger partial charge in [-0.05, 0) is 18.9 Å². The quantitative estimate of drug-likeness (QED) is 0.597. The predicted molar refractivity (Wildman–Crippen MR) is 87.6 cm³/mol. The number of nitrogens with zero attached hydrogens (tertiary/aromatic N) is 1. The number of aliphatic hydroxyl groups excluding tert-OH is 1. The molecule has 0 aliphatic heterocycles. The van der Waals surface area contributed by atoms with Crippen molar-refractivity contribution in [2.45, 2.75) is 39.3 Å². The maximum Gasteiger partial charge on any atom is 0.407 e. The molecule has 7 nitrogen and oxygen atoms in total. The second kappa shape index (κ2) is 10.8. The van der Waals surface area contributed by atoms with Crippen molar-refractivity contribution in [2.75, 3.05) is 26.3 Å². The average molecular weight is 325 g/mol. The molecule has 0 fully saturated rings. The van der Waals surface area contributed by atoms with Crippen LogP contribution < -0.4 is 15.4 Å². The second-order valence-corrected chi connectivity index (χ2v) is 5.43. The van der Waals surface area contributed by atoms with Gasteiger partial charge in [-0.25, -0.2) is 9.78 Å². The van der Waals surface area contributed by atoms with Crippen LogP contribution in [0.1, 0.15) is 26.3 Å². The minimum Gasteiger partial charge on any atom is -0.475 e. The summed E-state index contributed by atoms with van der Waals surface area (Å²) in [4.78, 5) is 15.3. The SMILES string of the molecule is CCOC(=O)NCCc1ccc(OCC(O)CNC(C)C)nc1. The first-order valence-corrected chi connectivity index (χ1v) is 7.91. The summed E-state index contributed by atoms with van der Waals surface area (Å²) in [6.45, 7) is 7.32. The molecule has 1 rings (SSSR count). The zero-order valence-electron chi connectivity index (χ0n) is 14.0. The van der Waals surface area contributed by atoms with Gasteiger partial charge in [0.15, 0.2) is 0 Å². The summed E-state index contributed by atoms with van der Waals surface area (Å²) in [6, 6.07) is 3.96. The van der Waals surface area contributed by atoms with Crippen molar-refractivity contribution in [1.82, 2.24) is 15.6 Å². The van der Waals surface area contributed by atoms with Gasteiger partial charge in [-0.2, -0.15) is 0 Å². The van der Waals surface area contributed by atoms with Crippen LogP contribution in [0.2, 0.25) is 0 Å². The fourth-order valence-electron chi connectivity index (χ4n) is 1.75. The van der Waals surface area contributed by atoms with Crippen molar-refractivity contribution in [2.24, 2.45) is 0 Å². The first kappa shape index (κ1) is 19.2. The third kappa shape index (κ3) is 9.00. The van der Waals surface area contributed by atoms with E-state index in [1.165, 1.54) is 0 Å². The summed E-state index contributed by atoms with van der Waals surface area (Å²) >= 11 is 0. The number of ether oxygens (including phenoxy) is 2. The molecule has 130 valence electrons. The number of amides is 1. The Labute approximate surface area is 137 Å². The number of rotatable bonds is 10. The van der Waals surface area contributed by atoms with Gasteiger partial charge in [-0.1, -0.05) is 19.9 Å². The molecule has 0 aliphatic carbocycles. The minimum absolute atomic E-state index is 0.191. The summed E-state index contributed by atoms with van der Waals surface area (Å²) in [5.41, 5.74) is 0.983. The number of nitrogens with one attached hydrogen (secondary N) is 2. The van der Waals surface area contributed by atoms with Crippen LogP contribution in [-0.2, 0) is 11.2 Å². The number of hydrogen-bond acceptors (Lipinski definition) is 6. The van der Waals surface area contributed by atoms with Crippen LogP contribution in [0.15, 0.2) is 18.3 Å². The lowest BCUT2D eigenvalue weighted by molar-refractivity contribution is 0.102. The van der Waals surface area contributed by atoms with Crippen LogP contribution in [0.25, 0.3) is 0 Å². The van der Waals surface area contributed by atoms with Crippen LogP contribution in [-0.4, -0.2) is 54.6 Å². The van der Waals surface area contributed by atoms with Crippen molar-refractivity contribution in [3.05, 3.63) is 23.9 Å². The Balaban J connectivity index is 2.26. The third-order valence-electron chi connectivity index (χ3n) is 2.94. The van der Waals surface area contributed by atoms with E-state index in [0.29, 0.717) is 38.0 Å². The van der Waals surface area contributed by atoms with Gasteiger partial charge in [0.05, 0.1) is 6.61 Å². The van der Waals surface area contributed by atoms with Crippen molar-refractivity contribution in [3.63, 3.8) is 0 Å². The number of pyridine rings is 1. The van der Waals surface area contributed by atoms with E-state index in [1.54, 1.807) is 19.2 Å². The molecule has 0 aliphatic rings. The molecular weight excluding hydrogens is 298 g/mol. The van der Waals surface area contributed by atoms with Gasteiger partial charge < -0.3 is 25.2 Å². The molecule has 0 radical (unpaired) electrons. The van der Waals surface area contributed by atoms with Crippen molar-refractivity contribution in [3.8, 4) is 5.88 Å². The van der Waals surface area contributed by atoms with E-state index in [2.05, 4.69) is 15.6 Å².